The Morgan fingerprint density at radius 2 is 1.93 bits per heavy atom. The first-order chi connectivity index (χ1) is 14.6. The van der Waals surface area contributed by atoms with E-state index in [4.69, 9.17) is 0 Å². The Hall–Kier alpha value is -4.04. The fourth-order valence-corrected chi connectivity index (χ4v) is 3.14. The van der Waals surface area contributed by atoms with Crippen LogP contribution in [0.3, 0.4) is 0 Å². The lowest BCUT2D eigenvalue weighted by molar-refractivity contribution is 0.0993. The Labute approximate surface area is 175 Å². The van der Waals surface area contributed by atoms with E-state index in [0.717, 1.165) is 33.9 Å². The number of carbonyl (C=O) groups excluding carboxylic acids is 1. The molecule has 0 spiro atoms. The standard InChI is InChI=1S/C25H20N4O/c1-18-23(16-27-19(2)28-18)10-9-20-5-3-7-22(13-20)25(30)15-21-6-4-8-24(14-21)29-12-11-26-17-29/h3-8,11-14,16-17H,15H2,1-2H3. The smallest absolute Gasteiger partial charge is 0.167 e. The molecule has 4 aromatic rings. The predicted octanol–water partition coefficient (Wildman–Crippen LogP) is 4.10. The summed E-state index contributed by atoms with van der Waals surface area (Å²) in [6.07, 6.45) is 7.40. The maximum Gasteiger partial charge on any atom is 0.167 e. The molecule has 0 N–H and O–H groups in total. The number of hydrogen-bond acceptors (Lipinski definition) is 4. The van der Waals surface area contributed by atoms with E-state index >= 15 is 0 Å². The summed E-state index contributed by atoms with van der Waals surface area (Å²) in [5.41, 5.74) is 5.00. The number of aromatic nitrogens is 4. The van der Waals surface area contributed by atoms with Crippen LogP contribution in [0.1, 0.15) is 38.6 Å². The van der Waals surface area contributed by atoms with Gasteiger partial charge < -0.3 is 4.57 Å². The molecule has 4 rings (SSSR count). The number of benzene rings is 2. The summed E-state index contributed by atoms with van der Waals surface area (Å²) in [6, 6.07) is 15.3. The van der Waals surface area contributed by atoms with E-state index in [1.54, 1.807) is 18.7 Å². The molecule has 2 aromatic carbocycles. The van der Waals surface area contributed by atoms with Gasteiger partial charge in [0.2, 0.25) is 0 Å². The second-order valence-electron chi connectivity index (χ2n) is 6.99. The number of imidazole rings is 1. The van der Waals surface area contributed by atoms with Crippen molar-refractivity contribution in [3.63, 3.8) is 0 Å². The monoisotopic (exact) mass is 392 g/mol. The van der Waals surface area contributed by atoms with E-state index in [-0.39, 0.29) is 5.78 Å². The highest BCUT2D eigenvalue weighted by atomic mass is 16.1. The zero-order valence-corrected chi connectivity index (χ0v) is 16.8. The minimum atomic E-state index is 0.0521. The van der Waals surface area contributed by atoms with Crippen LogP contribution in [0.15, 0.2) is 73.4 Å². The highest BCUT2D eigenvalue weighted by Crippen LogP contribution is 2.14. The van der Waals surface area contributed by atoms with Crippen molar-refractivity contribution in [1.29, 1.82) is 0 Å². The van der Waals surface area contributed by atoms with Gasteiger partial charge in [-0.1, -0.05) is 36.1 Å². The van der Waals surface area contributed by atoms with Crippen LogP contribution >= 0.6 is 0 Å². The minimum absolute atomic E-state index is 0.0521. The molecule has 0 aliphatic carbocycles. The molecule has 0 aliphatic heterocycles. The Morgan fingerprint density at radius 1 is 1.07 bits per heavy atom. The molecule has 0 bridgehead atoms. The van der Waals surface area contributed by atoms with Crippen LogP contribution in [0.5, 0.6) is 0 Å². The Bertz CT molecular complexity index is 1260. The molecule has 0 aliphatic rings. The minimum Gasteiger partial charge on any atom is -0.306 e. The van der Waals surface area contributed by atoms with Gasteiger partial charge in [-0.05, 0) is 43.7 Å². The number of carbonyl (C=O) groups is 1. The molecule has 0 atom stereocenters. The van der Waals surface area contributed by atoms with E-state index in [1.165, 1.54) is 0 Å². The summed E-state index contributed by atoms with van der Waals surface area (Å²) >= 11 is 0. The summed E-state index contributed by atoms with van der Waals surface area (Å²) in [5.74, 6) is 6.99. The second kappa shape index (κ2) is 8.54. The lowest BCUT2D eigenvalue weighted by Crippen LogP contribution is -2.04. The third-order valence-corrected chi connectivity index (χ3v) is 4.70. The van der Waals surface area contributed by atoms with Gasteiger partial charge in [-0.3, -0.25) is 4.79 Å². The van der Waals surface area contributed by atoms with Gasteiger partial charge in [0.15, 0.2) is 5.78 Å². The van der Waals surface area contributed by atoms with E-state index < -0.39 is 0 Å². The van der Waals surface area contributed by atoms with Crippen molar-refractivity contribution in [3.8, 4) is 17.5 Å². The second-order valence-corrected chi connectivity index (χ2v) is 6.99. The first-order valence-electron chi connectivity index (χ1n) is 9.61. The summed E-state index contributed by atoms with van der Waals surface area (Å²) in [6.45, 7) is 3.76. The fraction of sp³-hybridized carbons (Fsp3) is 0.120. The van der Waals surface area contributed by atoms with Crippen molar-refractivity contribution >= 4 is 5.78 Å². The first-order valence-corrected chi connectivity index (χ1v) is 9.61. The van der Waals surface area contributed by atoms with Crippen molar-refractivity contribution in [1.82, 2.24) is 19.5 Å². The van der Waals surface area contributed by atoms with Crippen molar-refractivity contribution in [2.24, 2.45) is 0 Å². The molecule has 0 unspecified atom stereocenters. The molecule has 0 fully saturated rings. The van der Waals surface area contributed by atoms with Crippen LogP contribution in [0.2, 0.25) is 0 Å². The van der Waals surface area contributed by atoms with Gasteiger partial charge in [-0.25, -0.2) is 15.0 Å². The van der Waals surface area contributed by atoms with E-state index in [2.05, 4.69) is 26.8 Å². The van der Waals surface area contributed by atoms with Crippen LogP contribution in [-0.4, -0.2) is 25.3 Å². The zero-order valence-electron chi connectivity index (χ0n) is 16.8. The molecule has 0 saturated carbocycles. The predicted molar refractivity (Wildman–Crippen MR) is 116 cm³/mol. The van der Waals surface area contributed by atoms with Crippen molar-refractivity contribution in [2.45, 2.75) is 20.3 Å². The van der Waals surface area contributed by atoms with Crippen molar-refractivity contribution in [3.05, 3.63) is 107 Å². The average molecular weight is 392 g/mol. The van der Waals surface area contributed by atoms with E-state index in [1.807, 2.05) is 73.1 Å². The number of Topliss-reactive ketones (excluding diaryl/α,β-unsaturated/α-hetero) is 1. The van der Waals surface area contributed by atoms with Crippen LogP contribution in [0, 0.1) is 25.7 Å². The molecule has 0 amide bonds. The Kier molecular flexibility index (Phi) is 5.49. The van der Waals surface area contributed by atoms with Gasteiger partial charge in [0.05, 0.1) is 17.6 Å². The third kappa shape index (κ3) is 4.50. The quantitative estimate of drug-likeness (QED) is 0.387. The molecule has 5 heteroatoms. The molecule has 146 valence electrons. The highest BCUT2D eigenvalue weighted by Gasteiger charge is 2.09. The summed E-state index contributed by atoms with van der Waals surface area (Å²) in [5, 5.41) is 0. The van der Waals surface area contributed by atoms with Gasteiger partial charge in [0, 0.05) is 41.8 Å². The van der Waals surface area contributed by atoms with Gasteiger partial charge in [-0.15, -0.1) is 0 Å². The molecule has 5 nitrogen and oxygen atoms in total. The topological polar surface area (TPSA) is 60.7 Å². The zero-order chi connectivity index (χ0) is 20.9. The average Bonchev–Trinajstić information content (AvgIpc) is 3.29. The van der Waals surface area contributed by atoms with Crippen LogP contribution in [-0.2, 0) is 6.42 Å². The number of nitrogens with zero attached hydrogens (tertiary/aromatic N) is 4. The van der Waals surface area contributed by atoms with Gasteiger partial charge in [0.25, 0.3) is 0 Å². The summed E-state index contributed by atoms with van der Waals surface area (Å²) in [7, 11) is 0. The SMILES string of the molecule is Cc1ncc(C#Cc2cccc(C(=O)Cc3cccc(-n4ccnc4)c3)c2)c(C)n1. The Balaban J connectivity index is 1.52. The number of hydrogen-bond donors (Lipinski definition) is 0. The summed E-state index contributed by atoms with van der Waals surface area (Å²) in [4.78, 5) is 25.4. The molecule has 0 radical (unpaired) electrons. The third-order valence-electron chi connectivity index (χ3n) is 4.70. The van der Waals surface area contributed by atoms with Crippen LogP contribution in [0.4, 0.5) is 0 Å². The molecule has 0 saturated heterocycles. The van der Waals surface area contributed by atoms with Gasteiger partial charge >= 0.3 is 0 Å². The number of rotatable bonds is 4. The number of ketones is 1. The number of aryl methyl sites for hydroxylation is 2. The normalized spacial score (nSPS) is 10.3. The first kappa shape index (κ1) is 19.3. The summed E-state index contributed by atoms with van der Waals surface area (Å²) < 4.78 is 1.92. The van der Waals surface area contributed by atoms with Crippen LogP contribution in [0.25, 0.3) is 5.69 Å². The molecule has 2 heterocycles. The largest absolute Gasteiger partial charge is 0.306 e. The van der Waals surface area contributed by atoms with Crippen molar-refractivity contribution < 1.29 is 4.79 Å². The highest BCUT2D eigenvalue weighted by molar-refractivity contribution is 5.97. The molecular formula is C25H20N4O. The van der Waals surface area contributed by atoms with Gasteiger partial charge in [-0.2, -0.15) is 0 Å². The molecule has 30 heavy (non-hydrogen) atoms. The lowest BCUT2D eigenvalue weighted by atomic mass is 10.0. The maximum absolute atomic E-state index is 12.8. The Morgan fingerprint density at radius 3 is 2.73 bits per heavy atom. The maximum atomic E-state index is 12.8. The van der Waals surface area contributed by atoms with E-state index in [9.17, 15) is 4.79 Å². The van der Waals surface area contributed by atoms with Crippen LogP contribution < -0.4 is 0 Å². The molecule has 2 aromatic heterocycles. The fourth-order valence-electron chi connectivity index (χ4n) is 3.14. The van der Waals surface area contributed by atoms with Gasteiger partial charge in [0.1, 0.15) is 5.82 Å². The van der Waals surface area contributed by atoms with Crippen molar-refractivity contribution in [2.75, 3.05) is 0 Å². The van der Waals surface area contributed by atoms with E-state index in [0.29, 0.717) is 12.0 Å². The lowest BCUT2D eigenvalue weighted by Gasteiger charge is -2.06. The molecular weight excluding hydrogens is 372 g/mol.